The zero-order chi connectivity index (χ0) is 20.0. The number of thioether (sulfide) groups is 1. The van der Waals surface area contributed by atoms with E-state index in [1.165, 1.54) is 34.2 Å². The van der Waals surface area contributed by atoms with Crippen LogP contribution >= 0.6 is 23.1 Å². The van der Waals surface area contributed by atoms with Gasteiger partial charge in [0.05, 0.1) is 5.75 Å². The average Bonchev–Trinajstić information content (AvgIpc) is 3.02. The highest BCUT2D eigenvalue weighted by molar-refractivity contribution is 8.01. The third-order valence-electron chi connectivity index (χ3n) is 4.01. The van der Waals surface area contributed by atoms with E-state index in [-0.39, 0.29) is 5.91 Å². The van der Waals surface area contributed by atoms with Crippen molar-refractivity contribution in [2.45, 2.75) is 45.9 Å². The van der Waals surface area contributed by atoms with Crippen LogP contribution in [0, 0.1) is 25.7 Å². The second-order valence-corrected chi connectivity index (χ2v) is 9.87. The van der Waals surface area contributed by atoms with Gasteiger partial charge in [0.25, 0.3) is 0 Å². The van der Waals surface area contributed by atoms with Crippen molar-refractivity contribution in [2.75, 3.05) is 24.2 Å². The number of benzene rings is 1. The Kier molecular flexibility index (Phi) is 8.10. The number of aryl methyl sites for hydroxylation is 2. The summed E-state index contributed by atoms with van der Waals surface area (Å²) in [7, 11) is 0. The summed E-state index contributed by atoms with van der Waals surface area (Å²) in [4.78, 5) is 14.6. The van der Waals surface area contributed by atoms with Crippen molar-refractivity contribution in [1.29, 1.82) is 0 Å². The molecule has 0 saturated heterocycles. The van der Waals surface area contributed by atoms with Gasteiger partial charge in [0.1, 0.15) is 0 Å². The van der Waals surface area contributed by atoms with E-state index in [9.17, 15) is 4.79 Å². The van der Waals surface area contributed by atoms with Crippen LogP contribution in [-0.4, -0.2) is 39.8 Å². The van der Waals surface area contributed by atoms with E-state index in [2.05, 4.69) is 69.2 Å². The van der Waals surface area contributed by atoms with E-state index in [1.54, 1.807) is 0 Å². The van der Waals surface area contributed by atoms with Gasteiger partial charge >= 0.3 is 0 Å². The Balaban J connectivity index is 1.92. The fraction of sp³-hybridized carbons (Fsp3) is 0.550. The van der Waals surface area contributed by atoms with Crippen molar-refractivity contribution in [2.24, 2.45) is 11.8 Å². The van der Waals surface area contributed by atoms with Crippen molar-refractivity contribution in [3.8, 4) is 0 Å². The first-order chi connectivity index (χ1) is 12.7. The van der Waals surface area contributed by atoms with Gasteiger partial charge in [-0.25, -0.2) is 0 Å². The predicted molar refractivity (Wildman–Crippen MR) is 116 cm³/mol. The molecule has 1 aromatic carbocycles. The van der Waals surface area contributed by atoms with Gasteiger partial charge in [0.2, 0.25) is 11.0 Å². The molecule has 148 valence electrons. The summed E-state index contributed by atoms with van der Waals surface area (Å²) in [6, 6.07) is 6.23. The molecule has 2 aromatic rings. The molecule has 0 aliphatic rings. The number of nitrogens with one attached hydrogen (secondary N) is 1. The van der Waals surface area contributed by atoms with Crippen molar-refractivity contribution < 1.29 is 4.79 Å². The van der Waals surface area contributed by atoms with Gasteiger partial charge in [-0.2, -0.15) is 0 Å². The van der Waals surface area contributed by atoms with Gasteiger partial charge < -0.3 is 10.2 Å². The van der Waals surface area contributed by atoms with Gasteiger partial charge in [0, 0.05) is 18.8 Å². The molecule has 0 aliphatic heterocycles. The molecule has 0 aliphatic carbocycles. The zero-order valence-corrected chi connectivity index (χ0v) is 18.7. The van der Waals surface area contributed by atoms with E-state index in [4.69, 9.17) is 0 Å². The van der Waals surface area contributed by atoms with Gasteiger partial charge in [-0.3, -0.25) is 4.79 Å². The summed E-state index contributed by atoms with van der Waals surface area (Å²) in [6.07, 6.45) is 0. The Labute approximate surface area is 171 Å². The molecular formula is C20H30N4OS2. The highest BCUT2D eigenvalue weighted by atomic mass is 32.2. The van der Waals surface area contributed by atoms with Gasteiger partial charge in [-0.05, 0) is 48.9 Å². The molecule has 0 atom stereocenters. The summed E-state index contributed by atoms with van der Waals surface area (Å²) in [5.41, 5.74) is 3.50. The Morgan fingerprint density at radius 2 is 1.78 bits per heavy atom. The van der Waals surface area contributed by atoms with Crippen LogP contribution in [0.25, 0.3) is 0 Å². The second-order valence-electron chi connectivity index (χ2n) is 7.67. The minimum atomic E-state index is 0.168. The second kappa shape index (κ2) is 10.1. The monoisotopic (exact) mass is 406 g/mol. The van der Waals surface area contributed by atoms with Crippen LogP contribution in [0.5, 0.6) is 0 Å². The van der Waals surface area contributed by atoms with Gasteiger partial charge in [-0.1, -0.05) is 56.9 Å². The van der Waals surface area contributed by atoms with Crippen LogP contribution in [0.3, 0.4) is 0 Å². The van der Waals surface area contributed by atoms with Crippen LogP contribution in [-0.2, 0) is 4.79 Å². The third-order valence-corrected chi connectivity index (χ3v) is 5.96. The molecule has 0 fully saturated rings. The summed E-state index contributed by atoms with van der Waals surface area (Å²) >= 11 is 2.94. The molecule has 1 heterocycles. The summed E-state index contributed by atoms with van der Waals surface area (Å²) in [5, 5.41) is 12.4. The van der Waals surface area contributed by atoms with Crippen molar-refractivity contribution in [3.05, 3.63) is 29.3 Å². The maximum atomic E-state index is 12.6. The zero-order valence-electron chi connectivity index (χ0n) is 17.1. The highest BCUT2D eigenvalue weighted by Gasteiger charge is 2.17. The number of carbonyl (C=O) groups excluding carboxylic acids is 1. The van der Waals surface area contributed by atoms with E-state index < -0.39 is 0 Å². The number of anilines is 2. The van der Waals surface area contributed by atoms with Crippen LogP contribution < -0.4 is 5.32 Å². The van der Waals surface area contributed by atoms with Crippen LogP contribution in [0.15, 0.2) is 22.5 Å². The number of hydrogen-bond acceptors (Lipinski definition) is 6. The van der Waals surface area contributed by atoms with E-state index >= 15 is 0 Å². The quantitative estimate of drug-likeness (QED) is 0.585. The normalized spacial score (nSPS) is 11.3. The molecule has 0 unspecified atom stereocenters. The van der Waals surface area contributed by atoms with Crippen LogP contribution in [0.1, 0.15) is 38.8 Å². The highest BCUT2D eigenvalue weighted by Crippen LogP contribution is 2.28. The minimum absolute atomic E-state index is 0.168. The maximum absolute atomic E-state index is 12.6. The first-order valence-electron chi connectivity index (χ1n) is 9.33. The fourth-order valence-electron chi connectivity index (χ4n) is 2.64. The molecule has 7 heteroatoms. The molecule has 1 aromatic heterocycles. The van der Waals surface area contributed by atoms with Gasteiger partial charge in [0.15, 0.2) is 4.34 Å². The minimum Gasteiger partial charge on any atom is -0.341 e. The fourth-order valence-corrected chi connectivity index (χ4v) is 4.31. The van der Waals surface area contributed by atoms with Crippen LogP contribution in [0.2, 0.25) is 0 Å². The summed E-state index contributed by atoms with van der Waals surface area (Å²) in [5.74, 6) is 1.50. The Hall–Kier alpha value is -1.60. The molecule has 5 nitrogen and oxygen atoms in total. The summed E-state index contributed by atoms with van der Waals surface area (Å²) < 4.78 is 0.809. The molecule has 0 radical (unpaired) electrons. The third kappa shape index (κ3) is 7.14. The largest absolute Gasteiger partial charge is 0.341 e. The molecule has 0 saturated carbocycles. The van der Waals surface area contributed by atoms with Crippen molar-refractivity contribution in [1.82, 2.24) is 15.1 Å². The van der Waals surface area contributed by atoms with Crippen molar-refractivity contribution in [3.63, 3.8) is 0 Å². The SMILES string of the molecule is Cc1ccc(Nc2nnc(SCC(=O)N(CC(C)C)CC(C)C)s2)cc1C. The summed E-state index contributed by atoms with van der Waals surface area (Å²) in [6.45, 7) is 14.4. The number of nitrogens with zero attached hydrogens (tertiary/aromatic N) is 3. The lowest BCUT2D eigenvalue weighted by Gasteiger charge is -2.26. The first kappa shape index (κ1) is 21.7. The number of amides is 1. The lowest BCUT2D eigenvalue weighted by atomic mass is 10.1. The van der Waals surface area contributed by atoms with E-state index in [1.807, 2.05) is 11.0 Å². The smallest absolute Gasteiger partial charge is 0.233 e. The molecule has 0 spiro atoms. The lowest BCUT2D eigenvalue weighted by Crippen LogP contribution is -2.38. The number of carbonyl (C=O) groups is 1. The lowest BCUT2D eigenvalue weighted by molar-refractivity contribution is -0.129. The standard InChI is InChI=1S/C20H30N4OS2/c1-13(2)10-24(11-14(3)4)18(25)12-26-20-23-22-19(27-20)21-17-8-7-15(5)16(6)9-17/h7-9,13-14H,10-12H2,1-6H3,(H,21,22). The Morgan fingerprint density at radius 3 is 2.37 bits per heavy atom. The number of aromatic nitrogens is 2. The first-order valence-corrected chi connectivity index (χ1v) is 11.1. The van der Waals surface area contributed by atoms with Crippen LogP contribution in [0.4, 0.5) is 10.8 Å². The van der Waals surface area contributed by atoms with E-state index in [0.717, 1.165) is 28.2 Å². The van der Waals surface area contributed by atoms with E-state index in [0.29, 0.717) is 17.6 Å². The average molecular weight is 407 g/mol. The Bertz CT molecular complexity index is 748. The molecule has 2 rings (SSSR count). The molecular weight excluding hydrogens is 376 g/mol. The number of hydrogen-bond donors (Lipinski definition) is 1. The van der Waals surface area contributed by atoms with Gasteiger partial charge in [-0.15, -0.1) is 10.2 Å². The predicted octanol–water partition coefficient (Wildman–Crippen LogP) is 5.13. The number of rotatable bonds is 9. The molecule has 1 amide bonds. The Morgan fingerprint density at radius 1 is 1.11 bits per heavy atom. The molecule has 27 heavy (non-hydrogen) atoms. The maximum Gasteiger partial charge on any atom is 0.233 e. The van der Waals surface area contributed by atoms with Crippen molar-refractivity contribution >= 4 is 39.8 Å². The molecule has 1 N–H and O–H groups in total. The molecule has 0 bridgehead atoms. The topological polar surface area (TPSA) is 58.1 Å².